The number of ether oxygens (including phenoxy) is 1. The predicted octanol–water partition coefficient (Wildman–Crippen LogP) is 0.279. The number of rotatable bonds is 5. The Kier molecular flexibility index (Phi) is 4.12. The third-order valence-corrected chi connectivity index (χ3v) is 1.78. The lowest BCUT2D eigenvalue weighted by molar-refractivity contribution is 0.0506. The van der Waals surface area contributed by atoms with Crippen molar-refractivity contribution in [1.29, 1.82) is 0 Å². The second kappa shape index (κ2) is 5.39. The first kappa shape index (κ1) is 10.7. The number of imidazole rings is 1. The highest BCUT2D eigenvalue weighted by Gasteiger charge is 2.12. The van der Waals surface area contributed by atoms with Crippen LogP contribution in [-0.2, 0) is 11.3 Å². The van der Waals surface area contributed by atoms with Gasteiger partial charge in [0.2, 0.25) is 5.82 Å². The molecule has 1 heterocycles. The van der Waals surface area contributed by atoms with E-state index in [1.807, 2.05) is 7.05 Å². The van der Waals surface area contributed by atoms with Crippen LogP contribution < -0.4 is 5.32 Å². The van der Waals surface area contributed by atoms with Gasteiger partial charge in [0.1, 0.15) is 0 Å². The van der Waals surface area contributed by atoms with Crippen molar-refractivity contribution < 1.29 is 9.53 Å². The predicted molar refractivity (Wildman–Crippen MR) is 52.1 cm³/mol. The topological polar surface area (TPSA) is 56.1 Å². The fraction of sp³-hybridized carbons (Fsp3) is 0.556. The molecule has 5 nitrogen and oxygen atoms in total. The van der Waals surface area contributed by atoms with E-state index in [-0.39, 0.29) is 5.97 Å². The smallest absolute Gasteiger partial charge is 0.374 e. The lowest BCUT2D eigenvalue weighted by Crippen LogP contribution is -2.19. The molecule has 78 valence electrons. The molecule has 0 aromatic carbocycles. The Balaban J connectivity index is 2.66. The Labute approximate surface area is 83.1 Å². The van der Waals surface area contributed by atoms with Crippen LogP contribution in [0.4, 0.5) is 0 Å². The van der Waals surface area contributed by atoms with E-state index in [0.717, 1.165) is 6.54 Å². The number of esters is 1. The zero-order valence-electron chi connectivity index (χ0n) is 8.49. The summed E-state index contributed by atoms with van der Waals surface area (Å²) in [5.41, 5.74) is 0. The molecule has 1 rings (SSSR count). The van der Waals surface area contributed by atoms with E-state index >= 15 is 0 Å². The number of hydrogen-bond acceptors (Lipinski definition) is 4. The van der Waals surface area contributed by atoms with E-state index in [2.05, 4.69) is 10.3 Å². The molecule has 0 bridgehead atoms. The van der Waals surface area contributed by atoms with Gasteiger partial charge in [-0.05, 0) is 14.0 Å². The minimum atomic E-state index is -0.367. The van der Waals surface area contributed by atoms with Crippen molar-refractivity contribution in [2.24, 2.45) is 0 Å². The zero-order valence-corrected chi connectivity index (χ0v) is 8.49. The molecule has 0 saturated carbocycles. The summed E-state index contributed by atoms with van der Waals surface area (Å²) in [6.45, 7) is 3.66. The third-order valence-electron chi connectivity index (χ3n) is 1.78. The first-order valence-corrected chi connectivity index (χ1v) is 4.62. The van der Waals surface area contributed by atoms with Gasteiger partial charge in [0, 0.05) is 25.5 Å². The van der Waals surface area contributed by atoms with Crippen molar-refractivity contribution >= 4 is 5.97 Å². The van der Waals surface area contributed by atoms with Gasteiger partial charge in [0.05, 0.1) is 6.61 Å². The number of likely N-dealkylation sites (N-methyl/N-ethyl adjacent to an activating group) is 1. The van der Waals surface area contributed by atoms with E-state index in [0.29, 0.717) is 19.0 Å². The average molecular weight is 197 g/mol. The van der Waals surface area contributed by atoms with E-state index in [1.165, 1.54) is 0 Å². The number of hydrogen-bond donors (Lipinski definition) is 1. The highest BCUT2D eigenvalue weighted by atomic mass is 16.5. The summed E-state index contributed by atoms with van der Waals surface area (Å²) in [6, 6.07) is 0. The summed E-state index contributed by atoms with van der Waals surface area (Å²) in [4.78, 5) is 15.3. The van der Waals surface area contributed by atoms with E-state index in [4.69, 9.17) is 4.74 Å². The first-order valence-electron chi connectivity index (χ1n) is 4.62. The lowest BCUT2D eigenvalue weighted by Gasteiger charge is -2.05. The Bertz CT molecular complexity index is 296. The van der Waals surface area contributed by atoms with Crippen molar-refractivity contribution in [3.05, 3.63) is 18.2 Å². The van der Waals surface area contributed by atoms with Crippen molar-refractivity contribution in [3.8, 4) is 0 Å². The Morgan fingerprint density at radius 1 is 1.71 bits per heavy atom. The number of nitrogens with zero attached hydrogens (tertiary/aromatic N) is 2. The van der Waals surface area contributed by atoms with Gasteiger partial charge < -0.3 is 14.6 Å². The third kappa shape index (κ3) is 2.56. The maximum absolute atomic E-state index is 11.4. The van der Waals surface area contributed by atoms with Crippen LogP contribution in [0.15, 0.2) is 12.4 Å². The Morgan fingerprint density at radius 2 is 2.50 bits per heavy atom. The monoisotopic (exact) mass is 197 g/mol. The van der Waals surface area contributed by atoms with E-state index in [1.54, 1.807) is 23.9 Å². The van der Waals surface area contributed by atoms with Crippen LogP contribution >= 0.6 is 0 Å². The number of carbonyl (C=O) groups excluding carboxylic acids is 1. The Morgan fingerprint density at radius 3 is 3.14 bits per heavy atom. The molecule has 5 heteroatoms. The molecular formula is C9H15N3O2. The molecule has 0 unspecified atom stereocenters. The summed E-state index contributed by atoms with van der Waals surface area (Å²) in [7, 11) is 1.86. The quantitative estimate of drug-likeness (QED) is 0.689. The largest absolute Gasteiger partial charge is 0.460 e. The number of carbonyl (C=O) groups is 1. The standard InChI is InChI=1S/C9H15N3O2/c1-3-14-9(13)8-11-5-7-12(8)6-4-10-2/h5,7,10H,3-4,6H2,1-2H3. The van der Waals surface area contributed by atoms with Gasteiger partial charge in [-0.3, -0.25) is 0 Å². The molecule has 0 aliphatic carbocycles. The SMILES string of the molecule is CCOC(=O)c1nccn1CCNC. The van der Waals surface area contributed by atoms with Crippen LogP contribution in [0, 0.1) is 0 Å². The fourth-order valence-corrected chi connectivity index (χ4v) is 1.11. The van der Waals surface area contributed by atoms with Gasteiger partial charge in [-0.1, -0.05) is 0 Å². The Hall–Kier alpha value is -1.36. The number of nitrogens with one attached hydrogen (secondary N) is 1. The second-order valence-corrected chi connectivity index (χ2v) is 2.77. The van der Waals surface area contributed by atoms with Crippen LogP contribution in [-0.4, -0.2) is 35.7 Å². The molecule has 0 fully saturated rings. The molecule has 0 aliphatic rings. The molecule has 0 atom stereocenters. The fourth-order valence-electron chi connectivity index (χ4n) is 1.11. The zero-order chi connectivity index (χ0) is 10.4. The van der Waals surface area contributed by atoms with E-state index < -0.39 is 0 Å². The molecule has 0 spiro atoms. The van der Waals surface area contributed by atoms with Gasteiger partial charge in [-0.15, -0.1) is 0 Å². The first-order chi connectivity index (χ1) is 6.79. The maximum atomic E-state index is 11.4. The molecule has 1 aromatic rings. The minimum absolute atomic E-state index is 0.363. The van der Waals surface area contributed by atoms with Crippen LogP contribution in [0.5, 0.6) is 0 Å². The summed E-state index contributed by atoms with van der Waals surface area (Å²) < 4.78 is 6.64. The normalized spacial score (nSPS) is 10.1. The van der Waals surface area contributed by atoms with Gasteiger partial charge in [0.25, 0.3) is 0 Å². The molecular weight excluding hydrogens is 182 g/mol. The molecule has 0 radical (unpaired) electrons. The molecule has 1 aromatic heterocycles. The summed E-state index contributed by atoms with van der Waals surface area (Å²) in [5, 5.41) is 3.00. The van der Waals surface area contributed by atoms with Crippen molar-refractivity contribution in [2.75, 3.05) is 20.2 Å². The molecule has 0 saturated heterocycles. The van der Waals surface area contributed by atoms with Gasteiger partial charge >= 0.3 is 5.97 Å². The highest BCUT2D eigenvalue weighted by Crippen LogP contribution is 1.99. The molecule has 14 heavy (non-hydrogen) atoms. The summed E-state index contributed by atoms with van der Waals surface area (Å²) in [5.74, 6) is -0.00398. The maximum Gasteiger partial charge on any atom is 0.374 e. The minimum Gasteiger partial charge on any atom is -0.460 e. The highest BCUT2D eigenvalue weighted by molar-refractivity contribution is 5.85. The summed E-state index contributed by atoms with van der Waals surface area (Å²) >= 11 is 0. The van der Waals surface area contributed by atoms with Gasteiger partial charge in [-0.2, -0.15) is 0 Å². The van der Waals surface area contributed by atoms with E-state index in [9.17, 15) is 4.79 Å². The molecule has 0 aliphatic heterocycles. The van der Waals surface area contributed by atoms with Crippen LogP contribution in [0.1, 0.15) is 17.5 Å². The van der Waals surface area contributed by atoms with Crippen molar-refractivity contribution in [1.82, 2.24) is 14.9 Å². The summed E-state index contributed by atoms with van der Waals surface area (Å²) in [6.07, 6.45) is 3.37. The lowest BCUT2D eigenvalue weighted by atomic mass is 10.5. The van der Waals surface area contributed by atoms with Crippen molar-refractivity contribution in [3.63, 3.8) is 0 Å². The van der Waals surface area contributed by atoms with Crippen molar-refractivity contribution in [2.45, 2.75) is 13.5 Å². The van der Waals surface area contributed by atoms with Gasteiger partial charge in [-0.25, -0.2) is 9.78 Å². The van der Waals surface area contributed by atoms with Gasteiger partial charge in [0.15, 0.2) is 0 Å². The average Bonchev–Trinajstić information content (AvgIpc) is 2.63. The van der Waals surface area contributed by atoms with Crippen LogP contribution in [0.25, 0.3) is 0 Å². The molecule has 1 N–H and O–H groups in total. The van der Waals surface area contributed by atoms with Crippen LogP contribution in [0.2, 0.25) is 0 Å². The molecule has 0 amide bonds. The second-order valence-electron chi connectivity index (χ2n) is 2.77. The van der Waals surface area contributed by atoms with Crippen LogP contribution in [0.3, 0.4) is 0 Å². The number of aromatic nitrogens is 2.